The number of ether oxygens (including phenoxy) is 1. The topological polar surface area (TPSA) is 47.3 Å². The Bertz CT molecular complexity index is 496. The lowest BCUT2D eigenvalue weighted by Crippen LogP contribution is -2.02. The highest BCUT2D eigenvalue weighted by Crippen LogP contribution is 2.25. The van der Waals surface area contributed by atoms with Crippen molar-refractivity contribution in [3.05, 3.63) is 40.9 Å². The lowest BCUT2D eigenvalue weighted by Gasteiger charge is -2.08. The van der Waals surface area contributed by atoms with E-state index < -0.39 is 0 Å². The smallest absolute Gasteiger partial charge is 0.177 e. The third-order valence-electron chi connectivity index (χ3n) is 2.27. The van der Waals surface area contributed by atoms with Crippen molar-refractivity contribution >= 4 is 15.9 Å². The Morgan fingerprint density at radius 3 is 2.81 bits per heavy atom. The standard InChI is InChI=1S/C11H11BrN2O2/c1-14-8(6-13-11(14)12)7-16-10-5-3-2-4-9(10)15/h2-6,15H,7H2,1H3. The van der Waals surface area contributed by atoms with Gasteiger partial charge in [0.25, 0.3) is 0 Å². The molecule has 2 aromatic rings. The number of para-hydroxylation sites is 2. The number of aromatic nitrogens is 2. The molecular weight excluding hydrogens is 272 g/mol. The summed E-state index contributed by atoms with van der Waals surface area (Å²) in [6, 6.07) is 6.88. The summed E-state index contributed by atoms with van der Waals surface area (Å²) in [5, 5.41) is 9.51. The number of hydrogen-bond donors (Lipinski definition) is 1. The van der Waals surface area contributed by atoms with Gasteiger partial charge in [0.05, 0.1) is 11.9 Å². The average Bonchev–Trinajstić information content (AvgIpc) is 2.59. The number of nitrogens with zero attached hydrogens (tertiary/aromatic N) is 2. The molecule has 0 saturated carbocycles. The van der Waals surface area contributed by atoms with E-state index in [0.717, 1.165) is 10.4 Å². The summed E-state index contributed by atoms with van der Waals surface area (Å²) in [7, 11) is 1.89. The molecule has 0 radical (unpaired) electrons. The molecule has 0 aliphatic carbocycles. The first kappa shape index (κ1) is 11.0. The number of hydrogen-bond acceptors (Lipinski definition) is 3. The first-order valence-corrected chi connectivity index (χ1v) is 5.54. The van der Waals surface area contributed by atoms with Crippen molar-refractivity contribution in [1.82, 2.24) is 9.55 Å². The van der Waals surface area contributed by atoms with Gasteiger partial charge in [-0.25, -0.2) is 4.98 Å². The summed E-state index contributed by atoms with van der Waals surface area (Å²) in [5.41, 5.74) is 0.926. The fourth-order valence-corrected chi connectivity index (χ4v) is 1.61. The first-order valence-electron chi connectivity index (χ1n) is 4.75. The van der Waals surface area contributed by atoms with Crippen LogP contribution in [0.5, 0.6) is 11.5 Å². The Hall–Kier alpha value is -1.49. The molecule has 0 atom stereocenters. The van der Waals surface area contributed by atoms with Gasteiger partial charge >= 0.3 is 0 Å². The Labute approximate surface area is 102 Å². The van der Waals surface area contributed by atoms with Crippen molar-refractivity contribution in [2.75, 3.05) is 0 Å². The number of rotatable bonds is 3. The minimum absolute atomic E-state index is 0.142. The molecular formula is C11H11BrN2O2. The molecule has 16 heavy (non-hydrogen) atoms. The maximum atomic E-state index is 9.51. The summed E-state index contributed by atoms with van der Waals surface area (Å²) in [6.07, 6.45) is 1.73. The van der Waals surface area contributed by atoms with Crippen molar-refractivity contribution in [2.24, 2.45) is 7.05 Å². The Kier molecular flexibility index (Phi) is 3.14. The van der Waals surface area contributed by atoms with Crippen molar-refractivity contribution in [2.45, 2.75) is 6.61 Å². The van der Waals surface area contributed by atoms with E-state index in [0.29, 0.717) is 12.4 Å². The van der Waals surface area contributed by atoms with Crippen LogP contribution in [0.1, 0.15) is 5.69 Å². The number of benzene rings is 1. The van der Waals surface area contributed by atoms with Crippen LogP contribution in [0.25, 0.3) is 0 Å². The van der Waals surface area contributed by atoms with Gasteiger partial charge in [0.1, 0.15) is 6.61 Å². The number of halogens is 1. The summed E-state index contributed by atoms with van der Waals surface area (Å²) in [6.45, 7) is 0.368. The zero-order chi connectivity index (χ0) is 11.5. The largest absolute Gasteiger partial charge is 0.504 e. The third kappa shape index (κ3) is 2.19. The number of phenols is 1. The van der Waals surface area contributed by atoms with E-state index in [1.54, 1.807) is 24.4 Å². The van der Waals surface area contributed by atoms with Gasteiger partial charge < -0.3 is 14.4 Å². The summed E-state index contributed by atoms with van der Waals surface area (Å²) in [4.78, 5) is 4.09. The molecule has 0 saturated heterocycles. The number of imidazole rings is 1. The zero-order valence-corrected chi connectivity index (χ0v) is 10.3. The molecule has 84 valence electrons. The normalized spacial score (nSPS) is 10.4. The Balaban J connectivity index is 2.08. The first-order chi connectivity index (χ1) is 7.68. The van der Waals surface area contributed by atoms with Crippen molar-refractivity contribution in [1.29, 1.82) is 0 Å². The molecule has 5 heteroatoms. The van der Waals surface area contributed by atoms with Gasteiger partial charge in [-0.05, 0) is 28.1 Å². The third-order valence-corrected chi connectivity index (χ3v) is 3.01. The van der Waals surface area contributed by atoms with Crippen molar-refractivity contribution in [3.8, 4) is 11.5 Å². The zero-order valence-electron chi connectivity index (χ0n) is 8.72. The highest BCUT2D eigenvalue weighted by molar-refractivity contribution is 9.10. The summed E-state index contributed by atoms with van der Waals surface area (Å²) < 4.78 is 8.11. The van der Waals surface area contributed by atoms with E-state index in [4.69, 9.17) is 4.74 Å². The minimum atomic E-state index is 0.142. The molecule has 0 aliphatic heterocycles. The molecule has 1 heterocycles. The van der Waals surface area contributed by atoms with Gasteiger partial charge in [-0.15, -0.1) is 0 Å². The fourth-order valence-electron chi connectivity index (χ4n) is 1.28. The maximum absolute atomic E-state index is 9.51. The van der Waals surface area contributed by atoms with Crippen LogP contribution in [0.15, 0.2) is 35.2 Å². The lowest BCUT2D eigenvalue weighted by molar-refractivity contribution is 0.281. The molecule has 0 fully saturated rings. The molecule has 0 aliphatic rings. The van der Waals surface area contributed by atoms with E-state index in [1.165, 1.54) is 0 Å². The molecule has 0 amide bonds. The SMILES string of the molecule is Cn1c(COc2ccccc2O)cnc1Br. The molecule has 1 aromatic carbocycles. The predicted molar refractivity (Wildman–Crippen MR) is 63.3 cm³/mol. The highest BCUT2D eigenvalue weighted by atomic mass is 79.9. The molecule has 0 unspecified atom stereocenters. The van der Waals surface area contributed by atoms with E-state index in [2.05, 4.69) is 20.9 Å². The van der Waals surface area contributed by atoms with Gasteiger partial charge in [-0.3, -0.25) is 0 Å². The number of phenolic OH excluding ortho intramolecular Hbond substituents is 1. The Morgan fingerprint density at radius 2 is 2.19 bits per heavy atom. The molecule has 1 N–H and O–H groups in total. The van der Waals surface area contributed by atoms with Crippen LogP contribution < -0.4 is 4.74 Å². The second kappa shape index (κ2) is 4.57. The molecule has 1 aromatic heterocycles. The summed E-state index contributed by atoms with van der Waals surface area (Å²) >= 11 is 3.30. The predicted octanol–water partition coefficient (Wildman–Crippen LogP) is 2.47. The molecule has 4 nitrogen and oxygen atoms in total. The van der Waals surface area contributed by atoms with Gasteiger partial charge in [-0.2, -0.15) is 0 Å². The quantitative estimate of drug-likeness (QED) is 0.941. The average molecular weight is 283 g/mol. The van der Waals surface area contributed by atoms with Gasteiger partial charge in [0.15, 0.2) is 16.2 Å². The molecule has 0 spiro atoms. The van der Waals surface area contributed by atoms with Crippen LogP contribution in [-0.2, 0) is 13.7 Å². The summed E-state index contributed by atoms with van der Waals surface area (Å²) in [5.74, 6) is 0.614. The van der Waals surface area contributed by atoms with Gasteiger partial charge in [-0.1, -0.05) is 12.1 Å². The lowest BCUT2D eigenvalue weighted by atomic mass is 10.3. The van der Waals surface area contributed by atoms with Crippen LogP contribution in [0, 0.1) is 0 Å². The van der Waals surface area contributed by atoms with Crippen molar-refractivity contribution < 1.29 is 9.84 Å². The number of aromatic hydroxyl groups is 1. The van der Waals surface area contributed by atoms with Crippen LogP contribution in [0.3, 0.4) is 0 Å². The van der Waals surface area contributed by atoms with Crippen LogP contribution in [0.4, 0.5) is 0 Å². The minimum Gasteiger partial charge on any atom is -0.504 e. The fraction of sp³-hybridized carbons (Fsp3) is 0.182. The van der Waals surface area contributed by atoms with Gasteiger partial charge in [0.2, 0.25) is 0 Å². The van der Waals surface area contributed by atoms with E-state index in [1.807, 2.05) is 17.7 Å². The van der Waals surface area contributed by atoms with Gasteiger partial charge in [0, 0.05) is 7.05 Å². The van der Waals surface area contributed by atoms with Crippen molar-refractivity contribution in [3.63, 3.8) is 0 Å². The monoisotopic (exact) mass is 282 g/mol. The maximum Gasteiger partial charge on any atom is 0.177 e. The second-order valence-electron chi connectivity index (χ2n) is 3.33. The highest BCUT2D eigenvalue weighted by Gasteiger charge is 2.06. The Morgan fingerprint density at radius 1 is 1.44 bits per heavy atom. The van der Waals surface area contributed by atoms with E-state index in [9.17, 15) is 5.11 Å². The van der Waals surface area contributed by atoms with Crippen LogP contribution >= 0.6 is 15.9 Å². The second-order valence-corrected chi connectivity index (χ2v) is 4.04. The molecule has 0 bridgehead atoms. The van der Waals surface area contributed by atoms with Crippen LogP contribution in [0.2, 0.25) is 0 Å². The van der Waals surface area contributed by atoms with Crippen LogP contribution in [-0.4, -0.2) is 14.7 Å². The van der Waals surface area contributed by atoms with E-state index in [-0.39, 0.29) is 5.75 Å². The van der Waals surface area contributed by atoms with E-state index >= 15 is 0 Å². The molecule has 2 rings (SSSR count).